The molecule has 0 saturated carbocycles. The molecule has 17 heavy (non-hydrogen) atoms. The fraction of sp³-hybridized carbons (Fsp3) is 0.500. The average molecular weight is 257 g/mol. The first-order valence-corrected chi connectivity index (χ1v) is 6.03. The van der Waals surface area contributed by atoms with Gasteiger partial charge in [0.15, 0.2) is 5.16 Å². The number of hydrogen-bond donors (Lipinski definition) is 3. The number of nitrogen functional groups attached to an aromatic ring is 1. The molecule has 0 saturated heterocycles. The molecule has 1 rings (SSSR count). The van der Waals surface area contributed by atoms with Gasteiger partial charge in [-0.1, -0.05) is 11.8 Å². The highest BCUT2D eigenvalue weighted by molar-refractivity contribution is 7.99. The Morgan fingerprint density at radius 1 is 1.65 bits per heavy atom. The van der Waals surface area contributed by atoms with Gasteiger partial charge in [-0.25, -0.2) is 4.98 Å². The lowest BCUT2D eigenvalue weighted by Gasteiger charge is -2.17. The first kappa shape index (κ1) is 13.6. The molecule has 0 aromatic carbocycles. The van der Waals surface area contributed by atoms with Crippen LogP contribution >= 0.6 is 11.8 Å². The summed E-state index contributed by atoms with van der Waals surface area (Å²) in [5, 5.41) is 9.34. The molecular formula is C10H15N3O3S. The second-order valence-electron chi connectivity index (χ2n) is 4.26. The number of aromatic amines is 1. The Kier molecular flexibility index (Phi) is 4.17. The largest absolute Gasteiger partial charge is 0.481 e. The van der Waals surface area contributed by atoms with Crippen molar-refractivity contribution in [1.29, 1.82) is 0 Å². The Morgan fingerprint density at radius 2 is 2.29 bits per heavy atom. The monoisotopic (exact) mass is 257 g/mol. The van der Waals surface area contributed by atoms with Gasteiger partial charge in [0.1, 0.15) is 5.82 Å². The predicted molar refractivity (Wildman–Crippen MR) is 66.0 cm³/mol. The zero-order valence-corrected chi connectivity index (χ0v) is 10.5. The van der Waals surface area contributed by atoms with Crippen molar-refractivity contribution in [2.24, 2.45) is 5.41 Å². The van der Waals surface area contributed by atoms with E-state index >= 15 is 0 Å². The van der Waals surface area contributed by atoms with Crippen molar-refractivity contribution in [3.8, 4) is 0 Å². The SMILES string of the molecule is CC(C)(CCSc1nc(N)cc(=O)[nH]1)C(=O)O. The minimum Gasteiger partial charge on any atom is -0.481 e. The van der Waals surface area contributed by atoms with Crippen molar-refractivity contribution >= 4 is 23.5 Å². The smallest absolute Gasteiger partial charge is 0.309 e. The molecule has 1 aromatic rings. The third-order valence-corrected chi connectivity index (χ3v) is 3.16. The zero-order valence-electron chi connectivity index (χ0n) is 9.69. The molecule has 0 fully saturated rings. The normalized spacial score (nSPS) is 11.4. The summed E-state index contributed by atoms with van der Waals surface area (Å²) in [5.74, 6) is -0.132. The van der Waals surface area contributed by atoms with E-state index in [9.17, 15) is 9.59 Å². The van der Waals surface area contributed by atoms with Crippen molar-refractivity contribution in [2.45, 2.75) is 25.4 Å². The summed E-state index contributed by atoms with van der Waals surface area (Å²) in [6.07, 6.45) is 0.478. The lowest BCUT2D eigenvalue weighted by Crippen LogP contribution is -2.24. The standard InChI is InChI=1S/C10H15N3O3S/c1-10(2,8(15)16)3-4-17-9-12-6(11)5-7(14)13-9/h5H,3-4H2,1-2H3,(H,15,16)(H3,11,12,13,14). The van der Waals surface area contributed by atoms with Gasteiger partial charge in [0.2, 0.25) is 0 Å². The van der Waals surface area contributed by atoms with Gasteiger partial charge in [0.25, 0.3) is 5.56 Å². The molecule has 0 unspecified atom stereocenters. The van der Waals surface area contributed by atoms with Crippen LogP contribution in [0, 0.1) is 5.41 Å². The first-order valence-electron chi connectivity index (χ1n) is 5.04. The van der Waals surface area contributed by atoms with Crippen LogP contribution < -0.4 is 11.3 Å². The topological polar surface area (TPSA) is 109 Å². The van der Waals surface area contributed by atoms with Crippen molar-refractivity contribution < 1.29 is 9.90 Å². The number of nitrogens with zero attached hydrogens (tertiary/aromatic N) is 1. The number of anilines is 1. The summed E-state index contributed by atoms with van der Waals surface area (Å²) < 4.78 is 0. The van der Waals surface area contributed by atoms with Crippen LogP contribution in [0.3, 0.4) is 0 Å². The number of thioether (sulfide) groups is 1. The van der Waals surface area contributed by atoms with Crippen molar-refractivity contribution in [1.82, 2.24) is 9.97 Å². The molecule has 94 valence electrons. The Bertz CT molecular complexity index is 470. The molecule has 0 aliphatic carbocycles. The summed E-state index contributed by atoms with van der Waals surface area (Å²) >= 11 is 1.28. The van der Waals surface area contributed by atoms with E-state index < -0.39 is 11.4 Å². The minimum atomic E-state index is -0.841. The molecule has 0 radical (unpaired) electrons. The number of nitrogens with two attached hydrogens (primary N) is 1. The zero-order chi connectivity index (χ0) is 13.1. The van der Waals surface area contributed by atoms with E-state index in [4.69, 9.17) is 10.8 Å². The van der Waals surface area contributed by atoms with Gasteiger partial charge < -0.3 is 15.8 Å². The number of aliphatic carboxylic acids is 1. The molecule has 7 heteroatoms. The maximum atomic E-state index is 11.1. The summed E-state index contributed by atoms with van der Waals surface area (Å²) in [4.78, 5) is 28.4. The average Bonchev–Trinajstić information content (AvgIpc) is 2.15. The van der Waals surface area contributed by atoms with Crippen LogP contribution in [0.15, 0.2) is 16.0 Å². The Hall–Kier alpha value is -1.50. The number of aromatic nitrogens is 2. The second-order valence-corrected chi connectivity index (χ2v) is 5.35. The van der Waals surface area contributed by atoms with E-state index in [1.807, 2.05) is 0 Å². The fourth-order valence-corrected chi connectivity index (χ4v) is 2.18. The first-order chi connectivity index (χ1) is 7.81. The number of hydrogen-bond acceptors (Lipinski definition) is 5. The van der Waals surface area contributed by atoms with Crippen LogP contribution in [0.1, 0.15) is 20.3 Å². The lowest BCUT2D eigenvalue weighted by atomic mass is 9.91. The van der Waals surface area contributed by atoms with E-state index in [0.29, 0.717) is 17.3 Å². The van der Waals surface area contributed by atoms with Crippen molar-refractivity contribution in [3.05, 3.63) is 16.4 Å². The number of nitrogens with one attached hydrogen (secondary N) is 1. The molecule has 1 aromatic heterocycles. The van der Waals surface area contributed by atoms with Crippen LogP contribution in [0.5, 0.6) is 0 Å². The Morgan fingerprint density at radius 3 is 2.82 bits per heavy atom. The molecule has 0 bridgehead atoms. The molecular weight excluding hydrogens is 242 g/mol. The third-order valence-electron chi connectivity index (χ3n) is 2.28. The summed E-state index contributed by atoms with van der Waals surface area (Å²) in [6.45, 7) is 3.32. The van der Waals surface area contributed by atoms with Gasteiger partial charge in [-0.15, -0.1) is 0 Å². The summed E-state index contributed by atoms with van der Waals surface area (Å²) in [6, 6.07) is 1.20. The number of H-pyrrole nitrogens is 1. The van der Waals surface area contributed by atoms with Crippen LogP contribution in [0.2, 0.25) is 0 Å². The highest BCUT2D eigenvalue weighted by Gasteiger charge is 2.26. The highest BCUT2D eigenvalue weighted by Crippen LogP contribution is 2.24. The highest BCUT2D eigenvalue weighted by atomic mass is 32.2. The van der Waals surface area contributed by atoms with Gasteiger partial charge in [-0.05, 0) is 20.3 Å². The Balaban J connectivity index is 2.57. The van der Waals surface area contributed by atoms with Crippen LogP contribution in [0.25, 0.3) is 0 Å². The number of carboxylic acids is 1. The summed E-state index contributed by atoms with van der Waals surface area (Å²) in [7, 11) is 0. The maximum absolute atomic E-state index is 11.1. The van der Waals surface area contributed by atoms with Crippen LogP contribution in [-0.4, -0.2) is 26.8 Å². The van der Waals surface area contributed by atoms with E-state index in [0.717, 1.165) is 0 Å². The molecule has 0 aliphatic heterocycles. The van der Waals surface area contributed by atoms with Gasteiger partial charge in [-0.2, -0.15) is 0 Å². The molecule has 0 aliphatic rings. The quantitative estimate of drug-likeness (QED) is 0.535. The fourth-order valence-electron chi connectivity index (χ4n) is 1.03. The van der Waals surface area contributed by atoms with Gasteiger partial charge in [0, 0.05) is 11.8 Å². The van der Waals surface area contributed by atoms with Crippen molar-refractivity contribution in [3.63, 3.8) is 0 Å². The molecule has 6 nitrogen and oxygen atoms in total. The molecule has 0 amide bonds. The van der Waals surface area contributed by atoms with Crippen LogP contribution in [-0.2, 0) is 4.79 Å². The molecule has 0 atom stereocenters. The van der Waals surface area contributed by atoms with Crippen molar-refractivity contribution in [2.75, 3.05) is 11.5 Å². The lowest BCUT2D eigenvalue weighted by molar-refractivity contribution is -0.146. The molecule has 1 heterocycles. The molecule has 4 N–H and O–H groups in total. The van der Waals surface area contributed by atoms with Gasteiger partial charge in [0.05, 0.1) is 5.41 Å². The molecule has 0 spiro atoms. The van der Waals surface area contributed by atoms with E-state index in [2.05, 4.69) is 9.97 Å². The Labute approximate surface area is 103 Å². The van der Waals surface area contributed by atoms with E-state index in [-0.39, 0.29) is 11.4 Å². The number of carbonyl (C=O) groups is 1. The second kappa shape index (κ2) is 5.22. The van der Waals surface area contributed by atoms with Gasteiger partial charge in [-0.3, -0.25) is 9.59 Å². The number of rotatable bonds is 5. The predicted octanol–water partition coefficient (Wildman–Crippen LogP) is 0.945. The van der Waals surface area contributed by atoms with Crippen LogP contribution in [0.4, 0.5) is 5.82 Å². The van der Waals surface area contributed by atoms with E-state index in [1.165, 1.54) is 17.8 Å². The number of carboxylic acid groups (broad SMARTS) is 1. The summed E-state index contributed by atoms with van der Waals surface area (Å²) in [5.41, 5.74) is 4.33. The van der Waals surface area contributed by atoms with E-state index in [1.54, 1.807) is 13.8 Å². The maximum Gasteiger partial charge on any atom is 0.309 e. The minimum absolute atomic E-state index is 0.161. The van der Waals surface area contributed by atoms with Gasteiger partial charge >= 0.3 is 5.97 Å². The third kappa shape index (κ3) is 4.10.